The summed E-state index contributed by atoms with van der Waals surface area (Å²) in [7, 11) is 0. The van der Waals surface area contributed by atoms with Gasteiger partial charge in [-0.3, -0.25) is 9.36 Å². The van der Waals surface area contributed by atoms with Crippen molar-refractivity contribution < 1.29 is 29.2 Å². The number of hydrogen-bond acceptors (Lipinski definition) is 9. The van der Waals surface area contributed by atoms with Gasteiger partial charge in [-0.25, -0.2) is 9.97 Å². The summed E-state index contributed by atoms with van der Waals surface area (Å²) in [6, 6.07) is 9.10. The van der Waals surface area contributed by atoms with Crippen molar-refractivity contribution in [2.24, 2.45) is 0 Å². The normalized spacial score (nSPS) is 24.4. The Labute approximate surface area is 159 Å². The summed E-state index contributed by atoms with van der Waals surface area (Å²) in [5.74, 6) is 0.336. The van der Waals surface area contributed by atoms with Crippen LogP contribution in [0.3, 0.4) is 0 Å². The maximum atomic E-state index is 11.0. The van der Waals surface area contributed by atoms with Crippen LogP contribution in [-0.4, -0.2) is 60.6 Å². The molecule has 28 heavy (non-hydrogen) atoms. The quantitative estimate of drug-likeness (QED) is 0.612. The van der Waals surface area contributed by atoms with Crippen LogP contribution in [0, 0.1) is 0 Å². The minimum atomic E-state index is -1.26. The molecule has 4 atom stereocenters. The number of carbonyl (C=O) groups is 1. The van der Waals surface area contributed by atoms with E-state index in [2.05, 4.69) is 15.0 Å². The first-order chi connectivity index (χ1) is 13.5. The molecule has 0 bridgehead atoms. The van der Waals surface area contributed by atoms with Crippen LogP contribution in [0.15, 0.2) is 43.0 Å². The molecule has 0 amide bonds. The molecular formula is C18H18N4O6. The van der Waals surface area contributed by atoms with Crippen molar-refractivity contribution in [2.45, 2.75) is 31.5 Å². The summed E-state index contributed by atoms with van der Waals surface area (Å²) >= 11 is 0. The Morgan fingerprint density at radius 1 is 1.18 bits per heavy atom. The zero-order valence-corrected chi connectivity index (χ0v) is 14.9. The van der Waals surface area contributed by atoms with Crippen LogP contribution in [0.2, 0.25) is 0 Å². The Bertz CT molecular complexity index is 979. The number of hydrogen-bond donors (Lipinski definition) is 2. The number of aromatic nitrogens is 4. The number of nitrogens with zero attached hydrogens (tertiary/aromatic N) is 4. The number of para-hydroxylation sites is 1. The van der Waals surface area contributed by atoms with Gasteiger partial charge in [-0.1, -0.05) is 18.2 Å². The molecule has 4 rings (SSSR count). The molecule has 2 N–H and O–H groups in total. The Balaban J connectivity index is 1.61. The molecule has 1 fully saturated rings. The zero-order chi connectivity index (χ0) is 19.7. The average molecular weight is 386 g/mol. The lowest BCUT2D eigenvalue weighted by Gasteiger charge is -2.16. The summed E-state index contributed by atoms with van der Waals surface area (Å²) in [5, 5.41) is 20.6. The summed E-state index contributed by atoms with van der Waals surface area (Å²) in [5.41, 5.74) is 0.741. The van der Waals surface area contributed by atoms with E-state index < -0.39 is 30.5 Å². The molecule has 2 aromatic heterocycles. The third-order valence-electron chi connectivity index (χ3n) is 4.35. The molecule has 1 aliphatic heterocycles. The van der Waals surface area contributed by atoms with E-state index in [9.17, 15) is 15.0 Å². The monoisotopic (exact) mass is 386 g/mol. The highest BCUT2D eigenvalue weighted by Crippen LogP contribution is 2.33. The van der Waals surface area contributed by atoms with E-state index in [-0.39, 0.29) is 12.5 Å². The van der Waals surface area contributed by atoms with Crippen LogP contribution in [0.25, 0.3) is 11.2 Å². The van der Waals surface area contributed by atoms with Crippen molar-refractivity contribution in [1.29, 1.82) is 0 Å². The molecule has 146 valence electrons. The van der Waals surface area contributed by atoms with Crippen molar-refractivity contribution in [1.82, 2.24) is 19.5 Å². The second-order valence-electron chi connectivity index (χ2n) is 6.27. The van der Waals surface area contributed by atoms with Gasteiger partial charge in [0.05, 0.1) is 6.33 Å². The third kappa shape index (κ3) is 3.40. The van der Waals surface area contributed by atoms with E-state index in [1.54, 1.807) is 12.1 Å². The van der Waals surface area contributed by atoms with Crippen molar-refractivity contribution in [2.75, 3.05) is 6.61 Å². The molecule has 0 unspecified atom stereocenters. The Kier molecular flexibility index (Phi) is 4.90. The summed E-state index contributed by atoms with van der Waals surface area (Å²) in [6.07, 6.45) is -1.59. The van der Waals surface area contributed by atoms with Crippen LogP contribution < -0.4 is 4.74 Å². The fraction of sp³-hybridized carbons (Fsp3) is 0.333. The predicted molar refractivity (Wildman–Crippen MR) is 94.4 cm³/mol. The fourth-order valence-corrected chi connectivity index (χ4v) is 2.99. The minimum absolute atomic E-state index is 0.173. The molecule has 0 saturated carbocycles. The number of imidazole rings is 1. The van der Waals surface area contributed by atoms with Crippen molar-refractivity contribution in [3.8, 4) is 11.6 Å². The molecular weight excluding hydrogens is 368 g/mol. The third-order valence-corrected chi connectivity index (χ3v) is 4.35. The number of ether oxygens (including phenoxy) is 3. The Hall–Kier alpha value is -3.08. The number of rotatable bonds is 5. The number of carbonyl (C=O) groups excluding carboxylic acids is 1. The topological polar surface area (TPSA) is 129 Å². The second kappa shape index (κ2) is 7.50. The Morgan fingerprint density at radius 2 is 1.96 bits per heavy atom. The lowest BCUT2D eigenvalue weighted by molar-refractivity contribution is -0.147. The first-order valence-electron chi connectivity index (χ1n) is 8.60. The smallest absolute Gasteiger partial charge is 0.302 e. The van der Waals surface area contributed by atoms with E-state index >= 15 is 0 Å². The first kappa shape index (κ1) is 18.3. The van der Waals surface area contributed by atoms with E-state index in [0.29, 0.717) is 16.9 Å². The van der Waals surface area contributed by atoms with E-state index in [1.165, 1.54) is 24.1 Å². The Morgan fingerprint density at radius 3 is 2.71 bits per heavy atom. The van der Waals surface area contributed by atoms with Gasteiger partial charge in [0.25, 0.3) is 5.88 Å². The lowest BCUT2D eigenvalue weighted by atomic mass is 10.1. The van der Waals surface area contributed by atoms with E-state index in [0.717, 1.165) is 0 Å². The minimum Gasteiger partial charge on any atom is -0.463 e. The molecule has 1 saturated heterocycles. The highest BCUT2D eigenvalue weighted by Gasteiger charge is 2.44. The predicted octanol–water partition coefficient (Wildman–Crippen LogP) is 0.801. The summed E-state index contributed by atoms with van der Waals surface area (Å²) in [6.45, 7) is 1.08. The first-order valence-corrected chi connectivity index (χ1v) is 8.60. The van der Waals surface area contributed by atoms with Gasteiger partial charge in [-0.2, -0.15) is 4.98 Å². The van der Waals surface area contributed by atoms with Gasteiger partial charge >= 0.3 is 5.97 Å². The van der Waals surface area contributed by atoms with Crippen LogP contribution in [0.4, 0.5) is 0 Å². The number of aliphatic hydroxyl groups excluding tert-OH is 2. The summed E-state index contributed by atoms with van der Waals surface area (Å²) in [4.78, 5) is 23.6. The molecule has 10 nitrogen and oxygen atoms in total. The van der Waals surface area contributed by atoms with Crippen LogP contribution in [-0.2, 0) is 14.3 Å². The van der Waals surface area contributed by atoms with E-state index in [4.69, 9.17) is 14.2 Å². The molecule has 1 aliphatic rings. The molecule has 0 spiro atoms. The SMILES string of the molecule is CC(=O)OC[C@H]1O[C@@H](n2cnc3c(Oc4ccccc4)ncnc32)[C@H](O)[C@@H]1O. The van der Waals surface area contributed by atoms with Crippen LogP contribution in [0.1, 0.15) is 13.2 Å². The number of aliphatic hydroxyl groups is 2. The standard InChI is InChI=1S/C18H18N4O6/c1-10(23)26-7-12-14(24)15(25)18(28-12)22-9-21-13-16(22)19-8-20-17(13)27-11-5-3-2-4-6-11/h2-6,8-9,12,14-15,18,24-25H,7H2,1H3/t12-,14-,15-,18-/m1/s1. The molecule has 10 heteroatoms. The van der Waals surface area contributed by atoms with Gasteiger partial charge in [-0.15, -0.1) is 0 Å². The molecule has 0 aliphatic carbocycles. The van der Waals surface area contributed by atoms with Gasteiger partial charge in [-0.05, 0) is 12.1 Å². The van der Waals surface area contributed by atoms with Gasteiger partial charge in [0.15, 0.2) is 17.4 Å². The molecule has 1 aromatic carbocycles. The number of benzene rings is 1. The van der Waals surface area contributed by atoms with E-state index in [1.807, 2.05) is 18.2 Å². The highest BCUT2D eigenvalue weighted by atomic mass is 16.6. The average Bonchev–Trinajstić information content (AvgIpc) is 3.24. The van der Waals surface area contributed by atoms with Crippen LogP contribution >= 0.6 is 0 Å². The lowest BCUT2D eigenvalue weighted by Crippen LogP contribution is -2.34. The molecule has 3 heterocycles. The fourth-order valence-electron chi connectivity index (χ4n) is 2.99. The van der Waals surface area contributed by atoms with Crippen LogP contribution in [0.5, 0.6) is 11.6 Å². The van der Waals surface area contributed by atoms with Gasteiger partial charge in [0.2, 0.25) is 0 Å². The van der Waals surface area contributed by atoms with Crippen molar-refractivity contribution >= 4 is 17.1 Å². The largest absolute Gasteiger partial charge is 0.463 e. The molecule has 0 radical (unpaired) electrons. The highest BCUT2D eigenvalue weighted by molar-refractivity contribution is 5.76. The van der Waals surface area contributed by atoms with Crippen molar-refractivity contribution in [3.05, 3.63) is 43.0 Å². The second-order valence-corrected chi connectivity index (χ2v) is 6.27. The number of fused-ring (bicyclic) bond motifs is 1. The summed E-state index contributed by atoms with van der Waals surface area (Å²) < 4.78 is 17.8. The molecule has 3 aromatic rings. The number of esters is 1. The van der Waals surface area contributed by atoms with Gasteiger partial charge in [0.1, 0.15) is 37.0 Å². The zero-order valence-electron chi connectivity index (χ0n) is 14.9. The maximum Gasteiger partial charge on any atom is 0.302 e. The van der Waals surface area contributed by atoms with Gasteiger partial charge in [0, 0.05) is 6.92 Å². The van der Waals surface area contributed by atoms with Crippen molar-refractivity contribution in [3.63, 3.8) is 0 Å². The maximum absolute atomic E-state index is 11.0. The van der Waals surface area contributed by atoms with Gasteiger partial charge < -0.3 is 24.4 Å².